The zero-order valence-electron chi connectivity index (χ0n) is 11.4. The van der Waals surface area contributed by atoms with E-state index in [1.165, 1.54) is 7.11 Å². The van der Waals surface area contributed by atoms with Gasteiger partial charge in [-0.15, -0.1) is 0 Å². The van der Waals surface area contributed by atoms with Crippen LogP contribution >= 0.6 is 0 Å². The molecule has 1 amide bonds. The molecule has 100 valence electrons. The van der Waals surface area contributed by atoms with Gasteiger partial charge in [0.05, 0.1) is 13.2 Å². The molecular weight excluding hydrogens is 230 g/mol. The number of carbonyl (C=O) groups is 1. The summed E-state index contributed by atoms with van der Waals surface area (Å²) in [6.07, 6.45) is 0.395. The minimum Gasteiger partial charge on any atom is -0.497 e. The lowest BCUT2D eigenvalue weighted by Crippen LogP contribution is -2.36. The Hall–Kier alpha value is -1.55. The highest BCUT2D eigenvalue weighted by Crippen LogP contribution is 2.20. The first kappa shape index (κ1) is 14.5. The van der Waals surface area contributed by atoms with Crippen molar-refractivity contribution >= 4 is 5.91 Å². The molecule has 18 heavy (non-hydrogen) atoms. The summed E-state index contributed by atoms with van der Waals surface area (Å²) in [5.74, 6) is 0.713. The summed E-state index contributed by atoms with van der Waals surface area (Å²) in [6, 6.07) is 7.71. The molecule has 0 bridgehead atoms. The van der Waals surface area contributed by atoms with E-state index in [2.05, 4.69) is 5.32 Å². The second-order valence-corrected chi connectivity index (χ2v) is 4.12. The summed E-state index contributed by atoms with van der Waals surface area (Å²) in [6.45, 7) is 3.77. The largest absolute Gasteiger partial charge is 0.497 e. The van der Waals surface area contributed by atoms with Crippen molar-refractivity contribution in [2.24, 2.45) is 0 Å². The van der Waals surface area contributed by atoms with E-state index in [1.807, 2.05) is 31.2 Å². The molecule has 0 spiro atoms. The molecule has 1 aromatic rings. The minimum absolute atomic E-state index is 0.000932. The Morgan fingerprint density at radius 2 is 1.89 bits per heavy atom. The normalized spacial score (nSPS) is 13.8. The summed E-state index contributed by atoms with van der Waals surface area (Å²) in [5, 5.41) is 2.97. The van der Waals surface area contributed by atoms with Crippen LogP contribution in [0.25, 0.3) is 0 Å². The van der Waals surface area contributed by atoms with Gasteiger partial charge >= 0.3 is 0 Å². The van der Waals surface area contributed by atoms with Gasteiger partial charge < -0.3 is 14.8 Å². The Labute approximate surface area is 108 Å². The van der Waals surface area contributed by atoms with Crippen LogP contribution in [0.3, 0.4) is 0 Å². The first-order valence-corrected chi connectivity index (χ1v) is 6.09. The van der Waals surface area contributed by atoms with Crippen LogP contribution in [-0.4, -0.2) is 26.2 Å². The summed E-state index contributed by atoms with van der Waals surface area (Å²) in [7, 11) is 3.16. The van der Waals surface area contributed by atoms with Gasteiger partial charge in [-0.1, -0.05) is 19.1 Å². The monoisotopic (exact) mass is 251 g/mol. The van der Waals surface area contributed by atoms with Gasteiger partial charge in [0.25, 0.3) is 0 Å². The fourth-order valence-electron chi connectivity index (χ4n) is 1.65. The Morgan fingerprint density at radius 3 is 2.33 bits per heavy atom. The maximum Gasteiger partial charge on any atom is 0.249 e. The molecule has 4 heteroatoms. The lowest BCUT2D eigenvalue weighted by Gasteiger charge is -2.20. The molecule has 0 saturated carbocycles. The van der Waals surface area contributed by atoms with Crippen LogP contribution in [0, 0.1) is 0 Å². The number of hydrogen-bond acceptors (Lipinski definition) is 3. The van der Waals surface area contributed by atoms with Crippen molar-refractivity contribution in [3.63, 3.8) is 0 Å². The molecule has 0 heterocycles. The SMILES string of the molecule is CCC(NC(=O)C(C)OC)c1ccc(OC)cc1. The third-order valence-corrected chi connectivity index (χ3v) is 2.97. The summed E-state index contributed by atoms with van der Waals surface area (Å²) in [4.78, 5) is 11.8. The third kappa shape index (κ3) is 3.74. The van der Waals surface area contributed by atoms with Gasteiger partial charge in [-0.3, -0.25) is 4.79 Å². The number of carbonyl (C=O) groups excluding carboxylic acids is 1. The van der Waals surface area contributed by atoms with Crippen LogP contribution in [0.5, 0.6) is 5.75 Å². The Bertz CT molecular complexity index is 375. The first-order valence-electron chi connectivity index (χ1n) is 6.09. The highest BCUT2D eigenvalue weighted by atomic mass is 16.5. The summed E-state index contributed by atoms with van der Waals surface area (Å²) < 4.78 is 10.1. The predicted octanol–water partition coefficient (Wildman–Crippen LogP) is 2.30. The van der Waals surface area contributed by atoms with Crippen molar-refractivity contribution in [2.45, 2.75) is 32.4 Å². The predicted molar refractivity (Wildman–Crippen MR) is 70.6 cm³/mol. The van der Waals surface area contributed by atoms with Crippen molar-refractivity contribution in [3.8, 4) is 5.75 Å². The van der Waals surface area contributed by atoms with Gasteiger partial charge in [0.2, 0.25) is 5.91 Å². The smallest absolute Gasteiger partial charge is 0.249 e. The number of amides is 1. The minimum atomic E-state index is -0.433. The number of nitrogens with one attached hydrogen (secondary N) is 1. The molecule has 1 rings (SSSR count). The fourth-order valence-corrected chi connectivity index (χ4v) is 1.65. The summed E-state index contributed by atoms with van der Waals surface area (Å²) in [5.41, 5.74) is 1.06. The van der Waals surface area contributed by atoms with Crippen molar-refractivity contribution in [1.29, 1.82) is 0 Å². The van der Waals surface area contributed by atoms with Gasteiger partial charge in [0.15, 0.2) is 0 Å². The van der Waals surface area contributed by atoms with E-state index in [-0.39, 0.29) is 11.9 Å². The van der Waals surface area contributed by atoms with E-state index in [1.54, 1.807) is 14.0 Å². The lowest BCUT2D eigenvalue weighted by molar-refractivity contribution is -0.130. The molecule has 0 aliphatic rings. The second kappa shape index (κ2) is 7.01. The van der Waals surface area contributed by atoms with Crippen molar-refractivity contribution in [2.75, 3.05) is 14.2 Å². The molecule has 1 aromatic carbocycles. The highest BCUT2D eigenvalue weighted by molar-refractivity contribution is 5.80. The van der Waals surface area contributed by atoms with Gasteiger partial charge in [-0.2, -0.15) is 0 Å². The molecule has 2 unspecified atom stereocenters. The molecule has 0 aliphatic carbocycles. The van der Waals surface area contributed by atoms with E-state index in [0.29, 0.717) is 0 Å². The standard InChI is InChI=1S/C14H21NO3/c1-5-13(15-14(16)10(2)17-3)11-6-8-12(18-4)9-7-11/h6-10,13H,5H2,1-4H3,(H,15,16). The Kier molecular flexibility index (Phi) is 5.65. The molecule has 4 nitrogen and oxygen atoms in total. The van der Waals surface area contributed by atoms with E-state index < -0.39 is 6.10 Å². The topological polar surface area (TPSA) is 47.6 Å². The summed E-state index contributed by atoms with van der Waals surface area (Å²) >= 11 is 0. The maximum absolute atomic E-state index is 11.8. The fraction of sp³-hybridized carbons (Fsp3) is 0.500. The Balaban J connectivity index is 2.73. The van der Waals surface area contributed by atoms with E-state index in [9.17, 15) is 4.79 Å². The second-order valence-electron chi connectivity index (χ2n) is 4.12. The number of hydrogen-bond donors (Lipinski definition) is 1. The van der Waals surface area contributed by atoms with Crippen LogP contribution in [0.4, 0.5) is 0 Å². The average Bonchev–Trinajstić information content (AvgIpc) is 2.43. The van der Waals surface area contributed by atoms with Crippen LogP contribution in [-0.2, 0) is 9.53 Å². The first-order chi connectivity index (χ1) is 8.62. The van der Waals surface area contributed by atoms with Crippen molar-refractivity contribution < 1.29 is 14.3 Å². The average molecular weight is 251 g/mol. The van der Waals surface area contributed by atoms with E-state index in [4.69, 9.17) is 9.47 Å². The van der Waals surface area contributed by atoms with Crippen LogP contribution in [0.15, 0.2) is 24.3 Å². The third-order valence-electron chi connectivity index (χ3n) is 2.97. The molecule has 0 aliphatic heterocycles. The number of ether oxygens (including phenoxy) is 2. The van der Waals surface area contributed by atoms with Gasteiger partial charge in [0, 0.05) is 7.11 Å². The van der Waals surface area contributed by atoms with Gasteiger partial charge in [-0.25, -0.2) is 0 Å². The number of methoxy groups -OCH3 is 2. The highest BCUT2D eigenvalue weighted by Gasteiger charge is 2.17. The van der Waals surface area contributed by atoms with E-state index >= 15 is 0 Å². The maximum atomic E-state index is 11.8. The van der Waals surface area contributed by atoms with Crippen LogP contribution in [0.1, 0.15) is 31.9 Å². The number of rotatable bonds is 6. The quantitative estimate of drug-likeness (QED) is 0.844. The molecular formula is C14H21NO3. The molecule has 0 aromatic heterocycles. The molecule has 2 atom stereocenters. The zero-order chi connectivity index (χ0) is 13.5. The van der Waals surface area contributed by atoms with Crippen LogP contribution in [0.2, 0.25) is 0 Å². The molecule has 0 radical (unpaired) electrons. The zero-order valence-corrected chi connectivity index (χ0v) is 11.4. The Morgan fingerprint density at radius 1 is 1.28 bits per heavy atom. The molecule has 0 fully saturated rings. The van der Waals surface area contributed by atoms with Gasteiger partial charge in [-0.05, 0) is 31.0 Å². The molecule has 0 saturated heterocycles. The van der Waals surface area contributed by atoms with Crippen molar-refractivity contribution in [3.05, 3.63) is 29.8 Å². The lowest BCUT2D eigenvalue weighted by atomic mass is 10.0. The van der Waals surface area contributed by atoms with E-state index in [0.717, 1.165) is 17.7 Å². The number of benzene rings is 1. The molecule has 1 N–H and O–H groups in total. The van der Waals surface area contributed by atoms with Crippen LogP contribution < -0.4 is 10.1 Å². The van der Waals surface area contributed by atoms with Gasteiger partial charge in [0.1, 0.15) is 11.9 Å². The van der Waals surface area contributed by atoms with Crippen molar-refractivity contribution in [1.82, 2.24) is 5.32 Å².